The molecule has 0 aromatic heterocycles. The summed E-state index contributed by atoms with van der Waals surface area (Å²) >= 11 is 2.22. The van der Waals surface area contributed by atoms with E-state index in [1.54, 1.807) is 0 Å². The third-order valence-corrected chi connectivity index (χ3v) is 4.35. The van der Waals surface area contributed by atoms with Gasteiger partial charge in [0.25, 0.3) is 0 Å². The zero-order valence-electron chi connectivity index (χ0n) is 12.9. The van der Waals surface area contributed by atoms with E-state index in [0.29, 0.717) is 6.42 Å². The van der Waals surface area contributed by atoms with Crippen molar-refractivity contribution >= 4 is 28.6 Å². The van der Waals surface area contributed by atoms with Gasteiger partial charge in [0, 0.05) is 9.99 Å². The fourth-order valence-electron chi connectivity index (χ4n) is 1.82. The van der Waals surface area contributed by atoms with Crippen molar-refractivity contribution in [1.82, 2.24) is 0 Å². The fourth-order valence-corrected chi connectivity index (χ4v) is 2.68. The summed E-state index contributed by atoms with van der Waals surface area (Å²) in [5.74, 6) is -0.670. The molecule has 0 amide bonds. The Morgan fingerprint density at radius 1 is 1.24 bits per heavy atom. The minimum atomic E-state index is -0.670. The SMILES string of the molecule is CCCCCCCC(=O)O.CCc1cccc(C#N)c1I. The summed E-state index contributed by atoms with van der Waals surface area (Å²) in [5.41, 5.74) is 2.04. The van der Waals surface area contributed by atoms with E-state index in [9.17, 15) is 4.79 Å². The Morgan fingerprint density at radius 2 is 1.90 bits per heavy atom. The standard InChI is InChI=1S/C9H8IN.C8H16O2/c1-2-7-4-3-5-8(6-11)9(7)10;1-2-3-4-5-6-7-8(9)10/h3-5H,2H2,1H3;2-7H2,1H3,(H,9,10). The van der Waals surface area contributed by atoms with E-state index in [4.69, 9.17) is 10.4 Å². The van der Waals surface area contributed by atoms with Crippen LogP contribution in [0.4, 0.5) is 0 Å². The van der Waals surface area contributed by atoms with Crippen LogP contribution < -0.4 is 0 Å². The maximum absolute atomic E-state index is 10.0. The van der Waals surface area contributed by atoms with E-state index in [2.05, 4.69) is 48.6 Å². The number of carboxylic acids is 1. The summed E-state index contributed by atoms with van der Waals surface area (Å²) in [6, 6.07) is 8.00. The molecule has 0 aliphatic rings. The highest BCUT2D eigenvalue weighted by Crippen LogP contribution is 2.16. The number of unbranched alkanes of at least 4 members (excludes halogenated alkanes) is 4. The van der Waals surface area contributed by atoms with Crippen LogP contribution in [-0.2, 0) is 11.2 Å². The molecule has 0 saturated carbocycles. The molecule has 116 valence electrons. The van der Waals surface area contributed by atoms with Crippen LogP contribution in [0.3, 0.4) is 0 Å². The number of aliphatic carboxylic acids is 1. The van der Waals surface area contributed by atoms with Gasteiger partial charge in [0.2, 0.25) is 0 Å². The molecule has 0 unspecified atom stereocenters. The van der Waals surface area contributed by atoms with Gasteiger partial charge in [-0.25, -0.2) is 0 Å². The molecule has 4 heteroatoms. The number of hydrogen-bond donors (Lipinski definition) is 1. The van der Waals surface area contributed by atoms with Crippen molar-refractivity contribution in [2.24, 2.45) is 0 Å². The Morgan fingerprint density at radius 3 is 2.43 bits per heavy atom. The topological polar surface area (TPSA) is 61.1 Å². The van der Waals surface area contributed by atoms with Crippen LogP contribution in [0.1, 0.15) is 63.5 Å². The molecule has 0 atom stereocenters. The van der Waals surface area contributed by atoms with Crippen molar-refractivity contribution in [2.75, 3.05) is 0 Å². The highest BCUT2D eigenvalue weighted by molar-refractivity contribution is 14.1. The van der Waals surface area contributed by atoms with Gasteiger partial charge in [0.15, 0.2) is 0 Å². The van der Waals surface area contributed by atoms with Gasteiger partial charge in [-0.2, -0.15) is 5.26 Å². The normalized spacial score (nSPS) is 9.43. The maximum Gasteiger partial charge on any atom is 0.303 e. The van der Waals surface area contributed by atoms with Crippen LogP contribution >= 0.6 is 22.6 Å². The quantitative estimate of drug-likeness (QED) is 0.507. The smallest absolute Gasteiger partial charge is 0.303 e. The van der Waals surface area contributed by atoms with Gasteiger partial charge in [-0.1, -0.05) is 51.7 Å². The van der Waals surface area contributed by atoms with Gasteiger partial charge in [-0.3, -0.25) is 4.79 Å². The number of benzene rings is 1. The highest BCUT2D eigenvalue weighted by Gasteiger charge is 2.01. The van der Waals surface area contributed by atoms with Gasteiger partial charge in [0.1, 0.15) is 6.07 Å². The molecule has 3 nitrogen and oxygen atoms in total. The van der Waals surface area contributed by atoms with E-state index >= 15 is 0 Å². The number of halogens is 1. The van der Waals surface area contributed by atoms with E-state index in [0.717, 1.165) is 28.4 Å². The second-order valence-corrected chi connectivity index (χ2v) is 5.88. The predicted molar refractivity (Wildman–Crippen MR) is 94.3 cm³/mol. The summed E-state index contributed by atoms with van der Waals surface area (Å²) in [6.07, 6.45) is 6.88. The molecular formula is C17H24INO2. The zero-order valence-corrected chi connectivity index (χ0v) is 15.0. The summed E-state index contributed by atoms with van der Waals surface area (Å²) in [6.45, 7) is 4.25. The van der Waals surface area contributed by atoms with Crippen LogP contribution in [0.25, 0.3) is 0 Å². The summed E-state index contributed by atoms with van der Waals surface area (Å²) < 4.78 is 1.09. The van der Waals surface area contributed by atoms with Gasteiger partial charge in [-0.05, 0) is 47.1 Å². The maximum atomic E-state index is 10.0. The van der Waals surface area contributed by atoms with E-state index in [1.165, 1.54) is 24.8 Å². The Hall–Kier alpha value is -1.09. The van der Waals surface area contributed by atoms with Crippen molar-refractivity contribution < 1.29 is 9.90 Å². The molecule has 1 aromatic rings. The molecule has 0 radical (unpaired) electrons. The molecule has 0 heterocycles. The summed E-state index contributed by atoms with van der Waals surface area (Å²) in [4.78, 5) is 10.0. The van der Waals surface area contributed by atoms with Gasteiger partial charge < -0.3 is 5.11 Å². The number of rotatable bonds is 7. The lowest BCUT2D eigenvalue weighted by atomic mass is 10.1. The number of aryl methyl sites for hydroxylation is 1. The third-order valence-electron chi connectivity index (χ3n) is 3.07. The largest absolute Gasteiger partial charge is 0.481 e. The fraction of sp³-hybridized carbons (Fsp3) is 0.529. The Bertz CT molecular complexity index is 466. The lowest BCUT2D eigenvalue weighted by Crippen LogP contribution is -1.93. The first kappa shape index (κ1) is 19.9. The molecule has 0 bridgehead atoms. The number of carboxylic acid groups (broad SMARTS) is 1. The van der Waals surface area contributed by atoms with Gasteiger partial charge in [0.05, 0.1) is 5.56 Å². The molecular weight excluding hydrogens is 377 g/mol. The van der Waals surface area contributed by atoms with Crippen LogP contribution in [0, 0.1) is 14.9 Å². The van der Waals surface area contributed by atoms with Crippen LogP contribution in [-0.4, -0.2) is 11.1 Å². The minimum absolute atomic E-state index is 0.337. The molecule has 0 aliphatic carbocycles. The van der Waals surface area contributed by atoms with Crippen LogP contribution in [0.15, 0.2) is 18.2 Å². The average Bonchev–Trinajstić information content (AvgIpc) is 2.48. The third kappa shape index (κ3) is 9.46. The summed E-state index contributed by atoms with van der Waals surface area (Å²) in [7, 11) is 0. The molecule has 21 heavy (non-hydrogen) atoms. The molecule has 1 aromatic carbocycles. The predicted octanol–water partition coefficient (Wildman–Crippen LogP) is 5.16. The van der Waals surface area contributed by atoms with Crippen LogP contribution in [0.2, 0.25) is 0 Å². The molecule has 0 fully saturated rings. The Balaban J connectivity index is 0.000000384. The van der Waals surface area contributed by atoms with Crippen LogP contribution in [0.5, 0.6) is 0 Å². The number of nitrogens with zero attached hydrogens (tertiary/aromatic N) is 1. The molecule has 0 aliphatic heterocycles. The van der Waals surface area contributed by atoms with E-state index < -0.39 is 5.97 Å². The first-order chi connectivity index (χ1) is 10.1. The molecule has 0 spiro atoms. The van der Waals surface area contributed by atoms with Crippen molar-refractivity contribution in [3.63, 3.8) is 0 Å². The number of hydrogen-bond acceptors (Lipinski definition) is 2. The van der Waals surface area contributed by atoms with Crippen molar-refractivity contribution in [2.45, 2.75) is 58.8 Å². The second kappa shape index (κ2) is 12.6. The second-order valence-electron chi connectivity index (χ2n) is 4.80. The molecule has 0 saturated heterocycles. The van der Waals surface area contributed by atoms with E-state index in [-0.39, 0.29) is 0 Å². The average molecular weight is 401 g/mol. The van der Waals surface area contributed by atoms with Crippen molar-refractivity contribution in [3.8, 4) is 6.07 Å². The minimum Gasteiger partial charge on any atom is -0.481 e. The number of carbonyl (C=O) groups is 1. The lowest BCUT2D eigenvalue weighted by molar-refractivity contribution is -0.137. The Kier molecular flexibility index (Phi) is 12.0. The van der Waals surface area contributed by atoms with Crippen molar-refractivity contribution in [3.05, 3.63) is 32.9 Å². The Labute approximate surface area is 141 Å². The summed E-state index contributed by atoms with van der Waals surface area (Å²) in [5, 5.41) is 17.0. The number of nitriles is 1. The highest BCUT2D eigenvalue weighted by atomic mass is 127. The zero-order chi connectivity index (χ0) is 16.1. The van der Waals surface area contributed by atoms with Gasteiger partial charge in [-0.15, -0.1) is 0 Å². The monoisotopic (exact) mass is 401 g/mol. The van der Waals surface area contributed by atoms with Crippen molar-refractivity contribution in [1.29, 1.82) is 5.26 Å². The first-order valence-electron chi connectivity index (χ1n) is 7.46. The van der Waals surface area contributed by atoms with Gasteiger partial charge >= 0.3 is 5.97 Å². The first-order valence-corrected chi connectivity index (χ1v) is 8.53. The molecule has 1 rings (SSSR count). The molecule has 1 N–H and O–H groups in total. The lowest BCUT2D eigenvalue weighted by Gasteiger charge is -2.00. The van der Waals surface area contributed by atoms with E-state index in [1.807, 2.05) is 12.1 Å².